The predicted molar refractivity (Wildman–Crippen MR) is 83.5 cm³/mol. The Kier molecular flexibility index (Phi) is 5.31. The van der Waals surface area contributed by atoms with Crippen molar-refractivity contribution in [3.05, 3.63) is 46.8 Å². The molecule has 0 saturated carbocycles. The van der Waals surface area contributed by atoms with Gasteiger partial charge in [-0.15, -0.1) is 0 Å². The lowest BCUT2D eigenvalue weighted by atomic mass is 10.1. The monoisotopic (exact) mass is 340 g/mol. The van der Waals surface area contributed by atoms with Gasteiger partial charge < -0.3 is 5.11 Å². The third-order valence-corrected chi connectivity index (χ3v) is 3.68. The number of nitrogens with zero attached hydrogens (tertiary/aromatic N) is 2. The van der Waals surface area contributed by atoms with Crippen LogP contribution in [0.25, 0.3) is 5.69 Å². The third kappa shape index (κ3) is 3.44. The summed E-state index contributed by atoms with van der Waals surface area (Å²) in [5, 5.41) is 13.7. The molecule has 1 heterocycles. The topological polar surface area (TPSA) is 55.1 Å². The molecule has 0 radical (unpaired) electrons. The van der Waals surface area contributed by atoms with E-state index in [9.17, 15) is 23.1 Å². The van der Waals surface area contributed by atoms with Crippen LogP contribution in [0.4, 0.5) is 13.2 Å². The van der Waals surface area contributed by atoms with E-state index in [1.165, 1.54) is 18.2 Å². The smallest absolute Gasteiger partial charge is 0.418 e. The van der Waals surface area contributed by atoms with Crippen LogP contribution in [0.3, 0.4) is 0 Å². The highest BCUT2D eigenvalue weighted by Gasteiger charge is 2.35. The van der Waals surface area contributed by atoms with Crippen molar-refractivity contribution in [1.29, 1.82) is 0 Å². The van der Waals surface area contributed by atoms with Crippen LogP contribution in [0.2, 0.25) is 0 Å². The van der Waals surface area contributed by atoms with E-state index < -0.39 is 17.7 Å². The van der Waals surface area contributed by atoms with Crippen molar-refractivity contribution >= 4 is 5.97 Å². The van der Waals surface area contributed by atoms with Crippen LogP contribution < -0.4 is 0 Å². The van der Waals surface area contributed by atoms with Crippen LogP contribution in [-0.2, 0) is 19.0 Å². The molecular weight excluding hydrogens is 321 g/mol. The van der Waals surface area contributed by atoms with Gasteiger partial charge in [0.05, 0.1) is 22.6 Å². The van der Waals surface area contributed by atoms with E-state index >= 15 is 0 Å². The summed E-state index contributed by atoms with van der Waals surface area (Å²) in [6.07, 6.45) is -2.54. The molecular formula is C17H19F3N2O2. The van der Waals surface area contributed by atoms with Crippen molar-refractivity contribution in [1.82, 2.24) is 9.78 Å². The molecule has 1 aromatic carbocycles. The lowest BCUT2D eigenvalue weighted by Crippen LogP contribution is -2.14. The van der Waals surface area contributed by atoms with Gasteiger partial charge in [0.15, 0.2) is 0 Å². The van der Waals surface area contributed by atoms with Crippen LogP contribution in [0.5, 0.6) is 0 Å². The Morgan fingerprint density at radius 1 is 1.17 bits per heavy atom. The number of carboxylic acid groups (broad SMARTS) is 1. The molecule has 130 valence electrons. The van der Waals surface area contributed by atoms with Gasteiger partial charge in [-0.1, -0.05) is 38.8 Å². The Morgan fingerprint density at radius 2 is 1.79 bits per heavy atom. The first-order valence-corrected chi connectivity index (χ1v) is 7.81. The number of hydrogen-bond acceptors (Lipinski definition) is 2. The highest BCUT2D eigenvalue weighted by atomic mass is 19.4. The number of halogens is 3. The van der Waals surface area contributed by atoms with Crippen molar-refractivity contribution < 1.29 is 23.1 Å². The standard InChI is InChI=1S/C17H19F3N2O2/c1-3-7-12-15(16(23)24)14(8-4-2)22(21-12)13-10-6-5-9-11(13)17(18,19)20/h5-6,9-10H,3-4,7-8H2,1-2H3,(H,23,24). The molecule has 7 heteroatoms. The van der Waals surface area contributed by atoms with Crippen molar-refractivity contribution in [2.24, 2.45) is 0 Å². The van der Waals surface area contributed by atoms with E-state index in [2.05, 4.69) is 5.10 Å². The van der Waals surface area contributed by atoms with Gasteiger partial charge in [-0.25, -0.2) is 9.48 Å². The molecule has 4 nitrogen and oxygen atoms in total. The van der Waals surface area contributed by atoms with Gasteiger partial charge in [0.25, 0.3) is 0 Å². The molecule has 0 aliphatic carbocycles. The van der Waals surface area contributed by atoms with Gasteiger partial charge in [-0.3, -0.25) is 0 Å². The number of para-hydroxylation sites is 1. The second-order valence-electron chi connectivity index (χ2n) is 5.50. The van der Waals surface area contributed by atoms with E-state index in [0.29, 0.717) is 37.1 Å². The first kappa shape index (κ1) is 18.0. The van der Waals surface area contributed by atoms with Gasteiger partial charge in [0.1, 0.15) is 5.56 Å². The maximum absolute atomic E-state index is 13.3. The summed E-state index contributed by atoms with van der Waals surface area (Å²) in [5.41, 5.74) is -0.311. The summed E-state index contributed by atoms with van der Waals surface area (Å²) < 4.78 is 41.1. The maximum Gasteiger partial charge on any atom is 0.418 e. The summed E-state index contributed by atoms with van der Waals surface area (Å²) in [4.78, 5) is 11.6. The number of rotatable bonds is 6. The third-order valence-electron chi connectivity index (χ3n) is 3.68. The van der Waals surface area contributed by atoms with Crippen molar-refractivity contribution in [3.8, 4) is 5.69 Å². The van der Waals surface area contributed by atoms with Gasteiger partial charge >= 0.3 is 12.1 Å². The van der Waals surface area contributed by atoms with Crippen molar-refractivity contribution in [2.45, 2.75) is 45.7 Å². The molecule has 1 aromatic heterocycles. The average molecular weight is 340 g/mol. The van der Waals surface area contributed by atoms with E-state index in [4.69, 9.17) is 0 Å². The molecule has 1 N–H and O–H groups in total. The zero-order valence-electron chi connectivity index (χ0n) is 13.5. The SMILES string of the molecule is CCCc1nn(-c2ccccc2C(F)(F)F)c(CCC)c1C(=O)O. The number of aromatic nitrogens is 2. The van der Waals surface area contributed by atoms with E-state index in [1.54, 1.807) is 0 Å². The Balaban J connectivity index is 2.75. The van der Waals surface area contributed by atoms with Crippen molar-refractivity contribution in [2.75, 3.05) is 0 Å². The molecule has 2 aromatic rings. The summed E-state index contributed by atoms with van der Waals surface area (Å²) >= 11 is 0. The van der Waals surface area contributed by atoms with Gasteiger partial charge in [-0.2, -0.15) is 18.3 Å². The number of carboxylic acids is 1. The Hall–Kier alpha value is -2.31. The fourth-order valence-corrected chi connectivity index (χ4v) is 2.73. The van der Waals surface area contributed by atoms with Crippen LogP contribution in [0.15, 0.2) is 24.3 Å². The molecule has 0 unspecified atom stereocenters. The summed E-state index contributed by atoms with van der Waals surface area (Å²) in [6, 6.07) is 5.09. The van der Waals surface area contributed by atoms with Gasteiger partial charge in [0, 0.05) is 0 Å². The van der Waals surface area contributed by atoms with Crippen LogP contribution in [-0.4, -0.2) is 20.9 Å². The average Bonchev–Trinajstić information content (AvgIpc) is 2.85. The normalized spacial score (nSPS) is 11.7. The lowest BCUT2D eigenvalue weighted by Gasteiger charge is -2.14. The first-order chi connectivity index (χ1) is 11.3. The summed E-state index contributed by atoms with van der Waals surface area (Å²) in [7, 11) is 0. The van der Waals surface area contributed by atoms with Crippen LogP contribution >= 0.6 is 0 Å². The quantitative estimate of drug-likeness (QED) is 0.843. The zero-order chi connectivity index (χ0) is 17.9. The minimum absolute atomic E-state index is 0.0238. The van der Waals surface area contributed by atoms with Crippen molar-refractivity contribution in [3.63, 3.8) is 0 Å². The number of aromatic carboxylic acids is 1. The molecule has 0 aliphatic heterocycles. The zero-order valence-corrected chi connectivity index (χ0v) is 13.5. The number of benzene rings is 1. The van der Waals surface area contributed by atoms with Crippen LogP contribution in [0, 0.1) is 0 Å². The molecule has 24 heavy (non-hydrogen) atoms. The minimum Gasteiger partial charge on any atom is -0.478 e. The minimum atomic E-state index is -4.54. The van der Waals surface area contributed by atoms with E-state index in [0.717, 1.165) is 10.7 Å². The number of hydrogen-bond donors (Lipinski definition) is 1. The maximum atomic E-state index is 13.3. The van der Waals surface area contributed by atoms with Gasteiger partial charge in [-0.05, 0) is 25.0 Å². The molecule has 0 spiro atoms. The summed E-state index contributed by atoms with van der Waals surface area (Å²) in [5.74, 6) is -1.15. The first-order valence-electron chi connectivity index (χ1n) is 7.81. The molecule has 0 aliphatic rings. The Morgan fingerprint density at radius 3 is 2.33 bits per heavy atom. The van der Waals surface area contributed by atoms with Crippen LogP contribution in [0.1, 0.15) is 54.0 Å². The molecule has 0 amide bonds. The predicted octanol–water partition coefficient (Wildman–Crippen LogP) is 4.49. The fraction of sp³-hybridized carbons (Fsp3) is 0.412. The number of carbonyl (C=O) groups is 1. The molecule has 0 bridgehead atoms. The molecule has 0 saturated heterocycles. The van der Waals surface area contributed by atoms with Gasteiger partial charge in [0.2, 0.25) is 0 Å². The largest absolute Gasteiger partial charge is 0.478 e. The fourth-order valence-electron chi connectivity index (χ4n) is 2.73. The number of aryl methyl sites for hydroxylation is 1. The highest BCUT2D eigenvalue weighted by Crippen LogP contribution is 2.35. The second kappa shape index (κ2) is 7.07. The lowest BCUT2D eigenvalue weighted by molar-refractivity contribution is -0.137. The molecule has 2 rings (SSSR count). The van der Waals surface area contributed by atoms with E-state index in [1.807, 2.05) is 13.8 Å². The highest BCUT2D eigenvalue weighted by molar-refractivity contribution is 5.90. The summed E-state index contributed by atoms with van der Waals surface area (Å²) in [6.45, 7) is 3.71. The Labute approximate surface area is 137 Å². The molecule has 0 atom stereocenters. The Bertz CT molecular complexity index is 736. The van der Waals surface area contributed by atoms with E-state index in [-0.39, 0.29) is 11.3 Å². The number of alkyl halides is 3. The molecule has 0 fully saturated rings. The second-order valence-corrected chi connectivity index (χ2v) is 5.50.